The largest absolute Gasteiger partial charge is 0.501 e. The summed E-state index contributed by atoms with van der Waals surface area (Å²) >= 11 is 1.71. The predicted octanol–water partition coefficient (Wildman–Crippen LogP) is 1.43. The Hall–Kier alpha value is -3.28. The molecule has 0 aliphatic rings. The average molecular weight is 724 g/mol. The molecule has 4 amide bonds. The summed E-state index contributed by atoms with van der Waals surface area (Å²) in [6, 6.07) is -0.688. The summed E-state index contributed by atoms with van der Waals surface area (Å²) in [5, 5.41) is 29.8. The zero-order valence-corrected chi connectivity index (χ0v) is 27.0. The maximum atomic E-state index is 13.3. The molecule has 0 bridgehead atoms. The summed E-state index contributed by atoms with van der Waals surface area (Å²) in [4.78, 5) is 61.3. The van der Waals surface area contributed by atoms with Crippen LogP contribution in [0.1, 0.15) is 52.5 Å². The third-order valence-electron chi connectivity index (χ3n) is 5.67. The molecule has 6 N–H and O–H groups in total. The van der Waals surface area contributed by atoms with Gasteiger partial charge in [0.25, 0.3) is 0 Å². The van der Waals surface area contributed by atoms with Gasteiger partial charge in [-0.15, -0.1) is 0 Å². The Balaban J connectivity index is 3.15. The van der Waals surface area contributed by atoms with E-state index in [0.717, 1.165) is 23.8 Å². The molecular formula is C26H38IN5O9S. The number of nitrogens with zero attached hydrogens (tertiary/aromatic N) is 1. The van der Waals surface area contributed by atoms with E-state index in [2.05, 4.69) is 16.0 Å². The fourth-order valence-corrected chi connectivity index (χ4v) is 5.05. The Morgan fingerprint density at radius 3 is 2.02 bits per heavy atom. The quantitative estimate of drug-likeness (QED) is 0.0943. The Kier molecular flexibility index (Phi) is 14.3. The number of sulfone groups is 1. The second kappa shape index (κ2) is 16.4. The second-order valence-electron chi connectivity index (χ2n) is 10.8. The zero-order chi connectivity index (χ0) is 32.4. The number of nitrogens with two attached hydrogens (primary N) is 1. The van der Waals surface area contributed by atoms with Crippen LogP contribution in [-0.2, 0) is 35.4 Å². The van der Waals surface area contributed by atoms with Crippen LogP contribution in [0, 0.1) is 25.5 Å². The van der Waals surface area contributed by atoms with Gasteiger partial charge in [-0.25, -0.2) is 8.42 Å². The molecule has 0 unspecified atom stereocenters. The van der Waals surface area contributed by atoms with Crippen molar-refractivity contribution in [2.45, 2.75) is 71.5 Å². The highest BCUT2D eigenvalue weighted by Gasteiger charge is 2.29. The number of phenols is 1. The number of hydrogen-bond acceptors (Lipinski definition) is 9. The fraction of sp³-hybridized carbons (Fsp3) is 0.538. The van der Waals surface area contributed by atoms with E-state index in [0.29, 0.717) is 0 Å². The van der Waals surface area contributed by atoms with Crippen molar-refractivity contribution in [3.8, 4) is 5.75 Å². The molecule has 0 aliphatic carbocycles. The van der Waals surface area contributed by atoms with Gasteiger partial charge in [0.2, 0.25) is 29.4 Å². The zero-order valence-electron chi connectivity index (χ0n) is 24.0. The van der Waals surface area contributed by atoms with Crippen LogP contribution in [0.25, 0.3) is 0 Å². The van der Waals surface area contributed by atoms with Gasteiger partial charge in [-0.1, -0.05) is 33.8 Å². The van der Waals surface area contributed by atoms with Crippen LogP contribution in [0.15, 0.2) is 23.6 Å². The Morgan fingerprint density at radius 1 is 1.02 bits per heavy atom. The number of benzene rings is 1. The summed E-state index contributed by atoms with van der Waals surface area (Å²) < 4.78 is 23.2. The molecule has 0 spiro atoms. The number of aromatic hydroxyl groups is 1. The highest BCUT2D eigenvalue weighted by Crippen LogP contribution is 2.32. The van der Waals surface area contributed by atoms with E-state index in [1.54, 1.807) is 22.6 Å². The van der Waals surface area contributed by atoms with E-state index in [1.165, 1.54) is 6.07 Å². The molecular weight excluding hydrogens is 685 g/mol. The molecule has 16 heteroatoms. The van der Waals surface area contributed by atoms with E-state index in [1.807, 2.05) is 27.7 Å². The van der Waals surface area contributed by atoms with Crippen LogP contribution >= 0.6 is 22.6 Å². The molecule has 1 aromatic carbocycles. The molecule has 234 valence electrons. The number of primary amides is 1. The molecule has 1 rings (SSSR count). The number of amides is 4. The summed E-state index contributed by atoms with van der Waals surface area (Å²) in [6.45, 7) is 7.31. The van der Waals surface area contributed by atoms with Crippen molar-refractivity contribution >= 4 is 61.7 Å². The van der Waals surface area contributed by atoms with Crippen molar-refractivity contribution in [3.05, 3.63) is 42.9 Å². The molecule has 0 heterocycles. The Labute approximate surface area is 258 Å². The third-order valence-corrected chi connectivity index (χ3v) is 7.14. The molecule has 0 aromatic heterocycles. The van der Waals surface area contributed by atoms with Crippen LogP contribution in [0.4, 0.5) is 5.69 Å². The van der Waals surface area contributed by atoms with E-state index in [9.17, 15) is 42.8 Å². The van der Waals surface area contributed by atoms with Gasteiger partial charge in [0, 0.05) is 17.7 Å². The normalized spacial score (nSPS) is 13.9. The van der Waals surface area contributed by atoms with Crippen LogP contribution in [0.2, 0.25) is 0 Å². The lowest BCUT2D eigenvalue weighted by Gasteiger charge is -2.26. The smallest absolute Gasteiger partial charge is 0.312 e. The first-order valence-corrected chi connectivity index (χ1v) is 16.0. The topological polar surface area (TPSA) is 228 Å². The average Bonchev–Trinajstić information content (AvgIpc) is 2.82. The van der Waals surface area contributed by atoms with Crippen molar-refractivity contribution in [1.82, 2.24) is 16.0 Å². The number of halogens is 1. The maximum absolute atomic E-state index is 13.3. The van der Waals surface area contributed by atoms with E-state index < -0.39 is 68.0 Å². The monoisotopic (exact) mass is 723 g/mol. The molecule has 3 atom stereocenters. The van der Waals surface area contributed by atoms with Gasteiger partial charge in [-0.3, -0.25) is 29.3 Å². The molecule has 0 saturated carbocycles. The van der Waals surface area contributed by atoms with Crippen molar-refractivity contribution in [1.29, 1.82) is 0 Å². The lowest BCUT2D eigenvalue weighted by Crippen LogP contribution is -2.55. The number of nitro benzene ring substituents is 1. The first-order valence-electron chi connectivity index (χ1n) is 13.0. The van der Waals surface area contributed by atoms with Gasteiger partial charge in [0.15, 0.2) is 9.84 Å². The van der Waals surface area contributed by atoms with Gasteiger partial charge in [0.1, 0.15) is 12.1 Å². The summed E-state index contributed by atoms with van der Waals surface area (Å²) in [6.07, 6.45) is 1.79. The summed E-state index contributed by atoms with van der Waals surface area (Å²) in [5.74, 6) is -3.34. The number of rotatable bonds is 16. The predicted molar refractivity (Wildman–Crippen MR) is 164 cm³/mol. The van der Waals surface area contributed by atoms with Gasteiger partial charge in [0.05, 0.1) is 27.4 Å². The Bertz CT molecular complexity index is 1320. The van der Waals surface area contributed by atoms with Gasteiger partial charge >= 0.3 is 5.69 Å². The number of nitrogens with one attached hydrogen (secondary N) is 3. The molecule has 0 aliphatic heterocycles. The third kappa shape index (κ3) is 13.6. The Morgan fingerprint density at radius 2 is 1.55 bits per heavy atom. The standard InChI is InChI=1S/C26H38IN5O9S/c1-14(2)8-19(30-23(34)12-16-10-18(27)24(35)21(11-16)32(38)39)26(37)31-20(9-15(3)4)25(36)29-17(13-22(28)33)6-7-42(5,40)41/h6-7,10-11,14-15,17,19-20,35H,8-9,12-13H2,1-5H3,(H2,28,33)(H,29,36)(H,30,34)(H,31,37)/b7-6+/t17-,19+,20+/m1/s1. The van der Waals surface area contributed by atoms with Crippen LogP contribution in [0.3, 0.4) is 0 Å². The van der Waals surface area contributed by atoms with Crippen molar-refractivity contribution in [2.24, 2.45) is 17.6 Å². The minimum Gasteiger partial charge on any atom is -0.501 e. The van der Waals surface area contributed by atoms with E-state index in [-0.39, 0.29) is 46.7 Å². The highest BCUT2D eigenvalue weighted by molar-refractivity contribution is 14.1. The molecule has 0 radical (unpaired) electrons. The minimum absolute atomic E-state index is 0.0461. The lowest BCUT2D eigenvalue weighted by molar-refractivity contribution is -0.386. The van der Waals surface area contributed by atoms with Crippen molar-refractivity contribution in [3.63, 3.8) is 0 Å². The SMILES string of the molecule is CC(C)C[C@H](NC(=O)Cc1cc(I)c(O)c([N+](=O)[O-])c1)C(=O)N[C@@H](CC(C)C)C(=O)N[C@H](/C=C/S(C)(=O)=O)CC(N)=O. The molecule has 42 heavy (non-hydrogen) atoms. The van der Waals surface area contributed by atoms with E-state index >= 15 is 0 Å². The van der Waals surface area contributed by atoms with E-state index in [4.69, 9.17) is 5.73 Å². The molecule has 14 nitrogen and oxygen atoms in total. The summed E-state index contributed by atoms with van der Waals surface area (Å²) in [5.41, 5.74) is 4.95. The number of carbonyl (C=O) groups is 4. The number of nitro groups is 1. The van der Waals surface area contributed by atoms with Gasteiger partial charge in [-0.2, -0.15) is 0 Å². The van der Waals surface area contributed by atoms with Crippen molar-refractivity contribution < 1.29 is 37.6 Å². The van der Waals surface area contributed by atoms with Crippen molar-refractivity contribution in [2.75, 3.05) is 6.26 Å². The number of phenolic OH excluding ortho intramolecular Hbond substituents is 1. The minimum atomic E-state index is -3.56. The second-order valence-corrected chi connectivity index (χ2v) is 13.9. The lowest BCUT2D eigenvalue weighted by atomic mass is 9.99. The van der Waals surface area contributed by atoms with Crippen LogP contribution in [0.5, 0.6) is 5.75 Å². The number of hydrogen-bond donors (Lipinski definition) is 5. The molecule has 0 saturated heterocycles. The summed E-state index contributed by atoms with van der Waals surface area (Å²) in [7, 11) is -3.56. The first kappa shape index (κ1) is 36.7. The molecule has 0 fully saturated rings. The fourth-order valence-electron chi connectivity index (χ4n) is 3.89. The van der Waals surface area contributed by atoms with Crippen LogP contribution < -0.4 is 21.7 Å². The van der Waals surface area contributed by atoms with Gasteiger partial charge < -0.3 is 26.8 Å². The van der Waals surface area contributed by atoms with Crippen LogP contribution in [-0.4, -0.2) is 66.5 Å². The highest BCUT2D eigenvalue weighted by atomic mass is 127. The van der Waals surface area contributed by atoms with Gasteiger partial charge in [-0.05, 0) is 58.9 Å². The number of carbonyl (C=O) groups excluding carboxylic acids is 4. The maximum Gasteiger partial charge on any atom is 0.312 e. The first-order chi connectivity index (χ1) is 19.3. The molecule has 1 aromatic rings.